The van der Waals surface area contributed by atoms with Gasteiger partial charge in [-0.15, -0.1) is 23.7 Å². The standard InChI is InChI=1S/C20H22N4S.ClH/c1-2-5-15(6-3-1)13-23-9-11-24(12-10-23)19-18-16-7-4-8-17(16)25-20(18)22-14-21-19;/h1-3,5-6,14H,4,7-13H2;1H. The first kappa shape index (κ1) is 17.7. The van der Waals surface area contributed by atoms with Crippen LogP contribution in [0.1, 0.15) is 22.4 Å². The summed E-state index contributed by atoms with van der Waals surface area (Å²) in [4.78, 5) is 17.0. The highest BCUT2D eigenvalue weighted by Gasteiger charge is 2.25. The molecule has 1 saturated heterocycles. The molecule has 0 unspecified atom stereocenters. The molecule has 2 aromatic heterocycles. The van der Waals surface area contributed by atoms with Crippen LogP contribution in [0.25, 0.3) is 10.2 Å². The number of nitrogens with zero attached hydrogens (tertiary/aromatic N) is 4. The molecular weight excluding hydrogens is 364 g/mol. The molecule has 0 N–H and O–H groups in total. The number of benzene rings is 1. The molecule has 1 aliphatic heterocycles. The number of rotatable bonds is 3. The van der Waals surface area contributed by atoms with E-state index >= 15 is 0 Å². The van der Waals surface area contributed by atoms with E-state index in [2.05, 4.69) is 45.1 Å². The van der Waals surface area contributed by atoms with Crippen molar-refractivity contribution < 1.29 is 0 Å². The molecule has 5 rings (SSSR count). The molecule has 1 aliphatic carbocycles. The van der Waals surface area contributed by atoms with Crippen LogP contribution >= 0.6 is 23.7 Å². The Morgan fingerprint density at radius 2 is 1.77 bits per heavy atom. The number of piperazine rings is 1. The molecule has 0 radical (unpaired) electrons. The summed E-state index contributed by atoms with van der Waals surface area (Å²) in [5.41, 5.74) is 2.93. The van der Waals surface area contributed by atoms with Crippen molar-refractivity contribution >= 4 is 39.8 Å². The van der Waals surface area contributed by atoms with Gasteiger partial charge >= 0.3 is 0 Å². The van der Waals surface area contributed by atoms with Crippen LogP contribution in [0.15, 0.2) is 36.7 Å². The van der Waals surface area contributed by atoms with Gasteiger partial charge < -0.3 is 4.90 Å². The van der Waals surface area contributed by atoms with Crippen molar-refractivity contribution in [2.24, 2.45) is 0 Å². The minimum absolute atomic E-state index is 0. The first-order valence-corrected chi connectivity index (χ1v) is 9.96. The van der Waals surface area contributed by atoms with Crippen LogP contribution in [0, 0.1) is 0 Å². The molecule has 0 saturated carbocycles. The maximum atomic E-state index is 4.69. The summed E-state index contributed by atoms with van der Waals surface area (Å²) in [5, 5.41) is 1.34. The van der Waals surface area contributed by atoms with Crippen molar-refractivity contribution in [3.8, 4) is 0 Å². The van der Waals surface area contributed by atoms with Crippen molar-refractivity contribution in [2.45, 2.75) is 25.8 Å². The minimum Gasteiger partial charge on any atom is -0.353 e. The van der Waals surface area contributed by atoms with E-state index < -0.39 is 0 Å². The zero-order chi connectivity index (χ0) is 16.6. The summed E-state index contributed by atoms with van der Waals surface area (Å²) in [7, 11) is 0. The van der Waals surface area contributed by atoms with Gasteiger partial charge in [-0.1, -0.05) is 30.3 Å². The molecule has 0 spiro atoms. The molecule has 0 atom stereocenters. The van der Waals surface area contributed by atoms with Gasteiger partial charge in [0.2, 0.25) is 0 Å². The molecule has 3 aromatic rings. The zero-order valence-electron chi connectivity index (χ0n) is 14.7. The Labute approximate surface area is 164 Å². The van der Waals surface area contributed by atoms with Crippen LogP contribution in [0.3, 0.4) is 0 Å². The number of aromatic nitrogens is 2. The molecule has 26 heavy (non-hydrogen) atoms. The van der Waals surface area contributed by atoms with Crippen molar-refractivity contribution in [3.05, 3.63) is 52.7 Å². The normalized spacial score (nSPS) is 17.3. The second-order valence-electron chi connectivity index (χ2n) is 6.98. The second kappa shape index (κ2) is 7.51. The van der Waals surface area contributed by atoms with Gasteiger partial charge in [0.15, 0.2) is 0 Å². The van der Waals surface area contributed by atoms with Gasteiger partial charge in [-0.3, -0.25) is 4.90 Å². The Balaban J connectivity index is 0.00000168. The largest absolute Gasteiger partial charge is 0.353 e. The van der Waals surface area contributed by atoms with Gasteiger partial charge in [0.1, 0.15) is 17.0 Å². The van der Waals surface area contributed by atoms with Crippen molar-refractivity contribution in [3.63, 3.8) is 0 Å². The van der Waals surface area contributed by atoms with Crippen LogP contribution in [0.4, 0.5) is 5.82 Å². The lowest BCUT2D eigenvalue weighted by Crippen LogP contribution is -2.46. The summed E-state index contributed by atoms with van der Waals surface area (Å²) in [6, 6.07) is 10.8. The van der Waals surface area contributed by atoms with Gasteiger partial charge in [-0.05, 0) is 30.4 Å². The van der Waals surface area contributed by atoms with Crippen LogP contribution in [0.2, 0.25) is 0 Å². The molecule has 6 heteroatoms. The van der Waals surface area contributed by atoms with E-state index in [1.807, 2.05) is 11.3 Å². The van der Waals surface area contributed by atoms with Crippen LogP contribution in [-0.4, -0.2) is 41.0 Å². The number of hydrogen-bond donors (Lipinski definition) is 0. The van der Waals surface area contributed by atoms with Gasteiger partial charge in [-0.25, -0.2) is 9.97 Å². The minimum atomic E-state index is 0. The number of aryl methyl sites for hydroxylation is 2. The smallest absolute Gasteiger partial charge is 0.141 e. The second-order valence-corrected chi connectivity index (χ2v) is 8.07. The van der Waals surface area contributed by atoms with Gasteiger partial charge in [-0.2, -0.15) is 0 Å². The van der Waals surface area contributed by atoms with Crippen molar-refractivity contribution in [1.82, 2.24) is 14.9 Å². The third-order valence-electron chi connectivity index (χ3n) is 5.40. The highest BCUT2D eigenvalue weighted by Crippen LogP contribution is 2.40. The summed E-state index contributed by atoms with van der Waals surface area (Å²) in [6.07, 6.45) is 5.46. The summed E-state index contributed by atoms with van der Waals surface area (Å²) in [5.74, 6) is 1.17. The lowest BCUT2D eigenvalue weighted by Gasteiger charge is -2.35. The number of fused-ring (bicyclic) bond motifs is 3. The predicted molar refractivity (Wildman–Crippen MR) is 111 cm³/mol. The Bertz CT molecular complexity index is 887. The highest BCUT2D eigenvalue weighted by molar-refractivity contribution is 7.19. The number of hydrogen-bond acceptors (Lipinski definition) is 5. The Kier molecular flexibility index (Phi) is 5.11. The van der Waals surface area contributed by atoms with Gasteiger partial charge in [0, 0.05) is 37.6 Å². The predicted octanol–water partition coefficient (Wildman–Crippen LogP) is 3.92. The molecule has 0 bridgehead atoms. The van der Waals surface area contributed by atoms with Gasteiger partial charge in [0.25, 0.3) is 0 Å². The van der Waals surface area contributed by atoms with Crippen molar-refractivity contribution in [2.75, 3.05) is 31.1 Å². The molecule has 2 aliphatic rings. The van der Waals surface area contributed by atoms with Crippen LogP contribution in [0.5, 0.6) is 0 Å². The monoisotopic (exact) mass is 386 g/mol. The van der Waals surface area contributed by atoms with Crippen LogP contribution in [-0.2, 0) is 19.4 Å². The average molecular weight is 387 g/mol. The first-order valence-electron chi connectivity index (χ1n) is 9.15. The summed E-state index contributed by atoms with van der Waals surface area (Å²) < 4.78 is 0. The first-order chi connectivity index (χ1) is 12.4. The van der Waals surface area contributed by atoms with E-state index in [4.69, 9.17) is 4.98 Å². The topological polar surface area (TPSA) is 32.3 Å². The molecule has 1 fully saturated rings. The zero-order valence-corrected chi connectivity index (χ0v) is 16.4. The fraction of sp³-hybridized carbons (Fsp3) is 0.400. The molecule has 1 aromatic carbocycles. The molecule has 4 nitrogen and oxygen atoms in total. The van der Waals surface area contributed by atoms with E-state index in [9.17, 15) is 0 Å². The fourth-order valence-corrected chi connectivity index (χ4v) is 5.33. The van der Waals surface area contributed by atoms with E-state index in [1.54, 1.807) is 11.2 Å². The van der Waals surface area contributed by atoms with E-state index in [0.717, 1.165) is 32.7 Å². The Morgan fingerprint density at radius 1 is 0.962 bits per heavy atom. The van der Waals surface area contributed by atoms with E-state index in [-0.39, 0.29) is 12.4 Å². The summed E-state index contributed by atoms with van der Waals surface area (Å²) in [6.45, 7) is 5.31. The number of thiophene rings is 1. The van der Waals surface area contributed by atoms with Crippen molar-refractivity contribution in [1.29, 1.82) is 0 Å². The maximum Gasteiger partial charge on any atom is 0.141 e. The maximum absolute atomic E-state index is 4.69. The van der Waals surface area contributed by atoms with Crippen LogP contribution < -0.4 is 4.90 Å². The van der Waals surface area contributed by atoms with Gasteiger partial charge in [0.05, 0.1) is 5.39 Å². The average Bonchev–Trinajstić information content (AvgIpc) is 3.24. The summed E-state index contributed by atoms with van der Waals surface area (Å²) >= 11 is 1.88. The van der Waals surface area contributed by atoms with E-state index in [0.29, 0.717) is 0 Å². The SMILES string of the molecule is Cl.c1ccc(CN2CCN(c3ncnc4sc5c(c34)CCC5)CC2)cc1. The molecule has 0 amide bonds. The van der Waals surface area contributed by atoms with E-state index in [1.165, 1.54) is 46.4 Å². The molecule has 3 heterocycles. The third kappa shape index (κ3) is 3.20. The lowest BCUT2D eigenvalue weighted by molar-refractivity contribution is 0.249. The number of anilines is 1. The molecule has 136 valence electrons. The lowest BCUT2D eigenvalue weighted by atomic mass is 10.1. The molecular formula is C20H23ClN4S. The quantitative estimate of drug-likeness (QED) is 0.682. The highest BCUT2D eigenvalue weighted by atomic mass is 35.5. The Morgan fingerprint density at radius 3 is 2.58 bits per heavy atom. The Hall–Kier alpha value is -1.69. The fourth-order valence-electron chi connectivity index (χ4n) is 4.11. The number of halogens is 1. The third-order valence-corrected chi connectivity index (χ3v) is 6.60.